The van der Waals surface area contributed by atoms with Crippen LogP contribution in [0.5, 0.6) is 0 Å². The van der Waals surface area contributed by atoms with Crippen molar-refractivity contribution in [3.8, 4) is 0 Å². The molecule has 3 rings (SSSR count). The van der Waals surface area contributed by atoms with Crippen molar-refractivity contribution >= 4 is 22.6 Å². The minimum absolute atomic E-state index is 0.312. The Hall–Kier alpha value is -1.17. The Morgan fingerprint density at radius 3 is 1.55 bits per heavy atom. The molecule has 0 amide bonds. The van der Waals surface area contributed by atoms with E-state index in [9.17, 15) is 0 Å². The van der Waals surface area contributed by atoms with Crippen LogP contribution in [0, 0.1) is 0 Å². The molecule has 2 aromatic rings. The van der Waals surface area contributed by atoms with Crippen LogP contribution in [-0.2, 0) is 0 Å². The summed E-state index contributed by atoms with van der Waals surface area (Å²) in [5.74, 6) is 0. The van der Waals surface area contributed by atoms with Crippen LogP contribution in [0.2, 0.25) is 0 Å². The van der Waals surface area contributed by atoms with Crippen LogP contribution in [-0.4, -0.2) is 30.1 Å². The first-order chi connectivity index (χ1) is 10.7. The lowest BCUT2D eigenvalue weighted by molar-refractivity contribution is 0.209. The largest absolute Gasteiger partial charge is 0.279 e. The predicted octanol–water partition coefficient (Wildman–Crippen LogP) is 4.62. The van der Waals surface area contributed by atoms with E-state index in [1.54, 1.807) is 0 Å². The molecule has 0 aromatic heterocycles. The van der Waals surface area contributed by atoms with Gasteiger partial charge in [0.2, 0.25) is 0 Å². The zero-order valence-corrected chi connectivity index (χ0v) is 15.1. The van der Waals surface area contributed by atoms with E-state index in [1.807, 2.05) is 0 Å². The lowest BCUT2D eigenvalue weighted by atomic mass is 9.93. The predicted molar refractivity (Wildman–Crippen MR) is 101 cm³/mol. The highest BCUT2D eigenvalue weighted by molar-refractivity contribution is 14.1. The second-order valence-corrected chi connectivity index (χ2v) is 6.49. The molecule has 0 radical (unpaired) electrons. The number of hydrogen-bond acceptors (Lipinski definition) is 2. The molecular formula is C19H21IN2. The van der Waals surface area contributed by atoms with Gasteiger partial charge >= 0.3 is 0 Å². The molecule has 2 aromatic carbocycles. The van der Waals surface area contributed by atoms with Crippen molar-refractivity contribution in [1.29, 1.82) is 0 Å². The topological polar surface area (TPSA) is 6.48 Å². The average Bonchev–Trinajstić information content (AvgIpc) is 2.81. The van der Waals surface area contributed by atoms with E-state index in [0.717, 1.165) is 0 Å². The van der Waals surface area contributed by atoms with Crippen molar-refractivity contribution in [2.45, 2.75) is 18.2 Å². The van der Waals surface area contributed by atoms with Gasteiger partial charge in [-0.15, -0.1) is 0 Å². The van der Waals surface area contributed by atoms with Gasteiger partial charge in [-0.1, -0.05) is 83.3 Å². The van der Waals surface area contributed by atoms with Gasteiger partial charge in [0.15, 0.2) is 0 Å². The van der Waals surface area contributed by atoms with E-state index in [4.69, 9.17) is 0 Å². The van der Waals surface area contributed by atoms with Gasteiger partial charge in [-0.2, -0.15) is 0 Å². The lowest BCUT2D eigenvalue weighted by Gasteiger charge is -2.26. The Labute approximate surface area is 146 Å². The maximum absolute atomic E-state index is 2.46. The van der Waals surface area contributed by atoms with Gasteiger partial charge in [0.1, 0.15) is 0 Å². The molecule has 0 bridgehead atoms. The Bertz CT molecular complexity index is 575. The van der Waals surface area contributed by atoms with Gasteiger partial charge in [0, 0.05) is 0 Å². The molecule has 114 valence electrons. The van der Waals surface area contributed by atoms with Crippen molar-refractivity contribution in [2.75, 3.05) is 14.1 Å². The van der Waals surface area contributed by atoms with E-state index in [2.05, 4.69) is 117 Å². The molecule has 2 atom stereocenters. The fourth-order valence-corrected chi connectivity index (χ4v) is 3.91. The molecule has 0 saturated carbocycles. The van der Waals surface area contributed by atoms with Crippen LogP contribution >= 0.6 is 22.6 Å². The van der Waals surface area contributed by atoms with E-state index in [0.29, 0.717) is 18.2 Å². The molecule has 1 aliphatic heterocycles. The van der Waals surface area contributed by atoms with E-state index in [-0.39, 0.29) is 0 Å². The Morgan fingerprint density at radius 1 is 0.773 bits per heavy atom. The molecule has 1 heterocycles. The van der Waals surface area contributed by atoms with Gasteiger partial charge in [-0.25, -0.2) is 0 Å². The molecule has 1 aliphatic rings. The molecule has 22 heavy (non-hydrogen) atoms. The Balaban J connectivity index is 2.07. The van der Waals surface area contributed by atoms with Crippen molar-refractivity contribution in [3.63, 3.8) is 0 Å². The van der Waals surface area contributed by atoms with Crippen LogP contribution in [0.4, 0.5) is 0 Å². The standard InChI is InChI=1S/C19H21IN2/c1-21-17(13-14-20)22(2)19(16-11-7-4-8-12-16)18(21)15-9-5-3-6-10-15/h3-14,17-19H,1-2H3/b14-13-/t18-,19-/m0/s1. The molecule has 0 unspecified atom stereocenters. The number of nitrogens with zero attached hydrogens (tertiary/aromatic N) is 2. The third kappa shape index (κ3) is 2.85. The smallest absolute Gasteiger partial charge is 0.0828 e. The molecular weight excluding hydrogens is 383 g/mol. The van der Waals surface area contributed by atoms with Crippen LogP contribution in [0.3, 0.4) is 0 Å². The normalized spacial score (nSPS) is 24.3. The van der Waals surface area contributed by atoms with E-state index < -0.39 is 0 Å². The van der Waals surface area contributed by atoms with Crippen LogP contribution in [0.15, 0.2) is 70.8 Å². The quantitative estimate of drug-likeness (QED) is 0.689. The van der Waals surface area contributed by atoms with Gasteiger partial charge in [0.25, 0.3) is 0 Å². The summed E-state index contributed by atoms with van der Waals surface area (Å²) < 4.78 is 2.12. The summed E-state index contributed by atoms with van der Waals surface area (Å²) in [5.41, 5.74) is 2.74. The highest BCUT2D eigenvalue weighted by atomic mass is 127. The van der Waals surface area contributed by atoms with Crippen molar-refractivity contribution in [1.82, 2.24) is 9.80 Å². The number of benzene rings is 2. The molecule has 0 N–H and O–H groups in total. The molecule has 1 saturated heterocycles. The molecule has 3 heteroatoms. The summed E-state index contributed by atoms with van der Waals surface area (Å²) in [7, 11) is 4.44. The van der Waals surface area contributed by atoms with Crippen molar-refractivity contribution in [3.05, 3.63) is 81.9 Å². The molecule has 1 fully saturated rings. The van der Waals surface area contributed by atoms with E-state index in [1.165, 1.54) is 11.1 Å². The molecule has 0 aliphatic carbocycles. The third-order valence-corrected chi connectivity index (χ3v) is 4.95. The fourth-order valence-electron chi connectivity index (χ4n) is 3.53. The minimum Gasteiger partial charge on any atom is -0.279 e. The Morgan fingerprint density at radius 2 is 1.18 bits per heavy atom. The second kappa shape index (κ2) is 6.94. The van der Waals surface area contributed by atoms with Crippen LogP contribution < -0.4 is 0 Å². The van der Waals surface area contributed by atoms with Gasteiger partial charge < -0.3 is 0 Å². The zero-order valence-electron chi connectivity index (χ0n) is 12.9. The fraction of sp³-hybridized carbons (Fsp3) is 0.263. The minimum atomic E-state index is 0.312. The summed E-state index contributed by atoms with van der Waals surface area (Å²) in [6, 6.07) is 22.4. The van der Waals surface area contributed by atoms with Crippen LogP contribution in [0.1, 0.15) is 23.2 Å². The van der Waals surface area contributed by atoms with Crippen LogP contribution in [0.25, 0.3) is 0 Å². The van der Waals surface area contributed by atoms with Crippen molar-refractivity contribution in [2.24, 2.45) is 0 Å². The number of likely N-dealkylation sites (N-methyl/N-ethyl adjacent to an activating group) is 2. The first-order valence-electron chi connectivity index (χ1n) is 7.54. The summed E-state index contributed by atoms with van der Waals surface area (Å²) >= 11 is 2.31. The van der Waals surface area contributed by atoms with Gasteiger partial charge in [-0.3, -0.25) is 9.80 Å². The highest BCUT2D eigenvalue weighted by Gasteiger charge is 2.43. The second-order valence-electron chi connectivity index (χ2n) is 5.77. The maximum atomic E-state index is 2.46. The van der Waals surface area contributed by atoms with Gasteiger partial charge in [-0.05, 0) is 35.4 Å². The number of hydrogen-bond donors (Lipinski definition) is 0. The maximum Gasteiger partial charge on any atom is 0.0828 e. The average molecular weight is 404 g/mol. The number of halogens is 1. The molecule has 0 spiro atoms. The molecule has 2 nitrogen and oxygen atoms in total. The summed E-state index contributed by atoms with van der Waals surface area (Å²) in [4.78, 5) is 4.92. The monoisotopic (exact) mass is 404 g/mol. The van der Waals surface area contributed by atoms with Gasteiger partial charge in [0.05, 0.1) is 18.2 Å². The number of rotatable bonds is 3. The Kier molecular flexibility index (Phi) is 4.96. The first kappa shape index (κ1) is 15.7. The zero-order chi connectivity index (χ0) is 15.5. The third-order valence-electron chi connectivity index (χ3n) is 4.54. The lowest BCUT2D eigenvalue weighted by Crippen LogP contribution is -2.33. The van der Waals surface area contributed by atoms with Crippen molar-refractivity contribution < 1.29 is 0 Å². The van der Waals surface area contributed by atoms with E-state index >= 15 is 0 Å². The summed E-state index contributed by atoms with van der Waals surface area (Å²) in [5, 5.41) is 0. The SMILES string of the molecule is CN1C(/C=C\I)N(C)[C@@H](c2ccccc2)[C@@H]1c1ccccc1. The summed E-state index contributed by atoms with van der Waals surface area (Å²) in [6.45, 7) is 0. The highest BCUT2D eigenvalue weighted by Crippen LogP contribution is 2.45. The first-order valence-corrected chi connectivity index (χ1v) is 8.79. The summed E-state index contributed by atoms with van der Waals surface area (Å²) in [6.07, 6.45) is 2.58.